The van der Waals surface area contributed by atoms with Crippen molar-refractivity contribution >= 4 is 39.1 Å². The molecule has 0 aliphatic rings. The fourth-order valence-corrected chi connectivity index (χ4v) is 6.25. The van der Waals surface area contributed by atoms with E-state index in [2.05, 4.69) is 5.32 Å². The summed E-state index contributed by atoms with van der Waals surface area (Å²) in [5.41, 5.74) is 1.93. The van der Waals surface area contributed by atoms with Crippen LogP contribution in [0.25, 0.3) is 0 Å². The summed E-state index contributed by atoms with van der Waals surface area (Å²) in [5.74, 6) is -0.349. The summed E-state index contributed by atoms with van der Waals surface area (Å²) in [5, 5.41) is 3.36. The van der Waals surface area contributed by atoms with Gasteiger partial charge in [0.05, 0.1) is 17.7 Å². The highest BCUT2D eigenvalue weighted by Gasteiger charge is 2.34. The van der Waals surface area contributed by atoms with Gasteiger partial charge < -0.3 is 15.0 Å². The molecule has 8 nitrogen and oxygen atoms in total. The van der Waals surface area contributed by atoms with Crippen LogP contribution in [0.1, 0.15) is 24.5 Å². The monoisotopic (exact) mass is 633 g/mol. The third-order valence-electron chi connectivity index (χ3n) is 7.06. The Labute approximate surface area is 264 Å². The van der Waals surface area contributed by atoms with Crippen LogP contribution in [-0.4, -0.2) is 51.4 Å². The van der Waals surface area contributed by atoms with Crippen molar-refractivity contribution in [1.82, 2.24) is 10.2 Å². The van der Waals surface area contributed by atoms with Crippen LogP contribution in [0.3, 0.4) is 0 Å². The third kappa shape index (κ3) is 8.39. The molecule has 4 aromatic rings. The molecule has 0 aliphatic carbocycles. The lowest BCUT2D eigenvalue weighted by Gasteiger charge is -2.34. The summed E-state index contributed by atoms with van der Waals surface area (Å²) >= 11 is 6.12. The first-order valence-electron chi connectivity index (χ1n) is 14.3. The van der Waals surface area contributed by atoms with Crippen LogP contribution in [0.15, 0.2) is 114 Å². The van der Waals surface area contributed by atoms with Gasteiger partial charge in [-0.2, -0.15) is 0 Å². The number of sulfonamides is 1. The Morgan fingerprint density at radius 2 is 1.43 bits per heavy atom. The number of nitrogens with zero attached hydrogens (tertiary/aromatic N) is 2. The van der Waals surface area contributed by atoms with E-state index in [1.54, 1.807) is 36.4 Å². The number of hydrogen-bond acceptors (Lipinski definition) is 5. The van der Waals surface area contributed by atoms with E-state index < -0.39 is 28.5 Å². The molecule has 0 radical (unpaired) electrons. The molecule has 44 heavy (non-hydrogen) atoms. The molecule has 0 saturated carbocycles. The lowest BCUT2D eigenvalue weighted by atomic mass is 10.0. The Morgan fingerprint density at radius 1 is 0.841 bits per heavy atom. The number of carbonyl (C=O) groups is 2. The first kappa shape index (κ1) is 32.6. The molecule has 4 aromatic carbocycles. The average Bonchev–Trinajstić information content (AvgIpc) is 3.05. The summed E-state index contributed by atoms with van der Waals surface area (Å²) in [6.07, 6.45) is 0.974. The zero-order valence-corrected chi connectivity index (χ0v) is 26.3. The van der Waals surface area contributed by atoms with Crippen LogP contribution in [0.4, 0.5) is 5.69 Å². The highest BCUT2D eigenvalue weighted by Crippen LogP contribution is 2.27. The molecule has 0 aromatic heterocycles. The first-order chi connectivity index (χ1) is 21.2. The number of nitrogens with one attached hydrogen (secondary N) is 1. The van der Waals surface area contributed by atoms with Crippen LogP contribution >= 0.6 is 11.6 Å². The Morgan fingerprint density at radius 3 is 2.00 bits per heavy atom. The fraction of sp³-hybridized carbons (Fsp3) is 0.235. The van der Waals surface area contributed by atoms with E-state index in [4.69, 9.17) is 16.3 Å². The second-order valence-electron chi connectivity index (χ2n) is 10.2. The van der Waals surface area contributed by atoms with E-state index in [0.29, 0.717) is 17.3 Å². The van der Waals surface area contributed by atoms with Crippen LogP contribution < -0.4 is 14.4 Å². The van der Waals surface area contributed by atoms with Crippen molar-refractivity contribution in [2.45, 2.75) is 37.2 Å². The molecule has 1 atom stereocenters. The largest absolute Gasteiger partial charge is 0.497 e. The normalized spacial score (nSPS) is 11.8. The van der Waals surface area contributed by atoms with E-state index in [-0.39, 0.29) is 29.5 Å². The van der Waals surface area contributed by atoms with Crippen molar-refractivity contribution in [1.29, 1.82) is 0 Å². The number of rotatable bonds is 14. The Kier molecular flexibility index (Phi) is 11.4. The van der Waals surface area contributed by atoms with E-state index in [1.165, 1.54) is 24.1 Å². The Balaban J connectivity index is 1.77. The van der Waals surface area contributed by atoms with Gasteiger partial charge in [0.15, 0.2) is 0 Å². The smallest absolute Gasteiger partial charge is 0.264 e. The number of halogens is 1. The number of hydrogen-bond donors (Lipinski definition) is 1. The fourth-order valence-electron chi connectivity index (χ4n) is 4.71. The maximum atomic E-state index is 14.4. The minimum absolute atomic E-state index is 0.0165. The molecule has 0 bridgehead atoms. The van der Waals surface area contributed by atoms with Crippen molar-refractivity contribution in [2.24, 2.45) is 0 Å². The maximum Gasteiger partial charge on any atom is 0.264 e. The van der Waals surface area contributed by atoms with Crippen molar-refractivity contribution in [2.75, 3.05) is 24.5 Å². The van der Waals surface area contributed by atoms with Crippen molar-refractivity contribution in [3.8, 4) is 5.75 Å². The summed E-state index contributed by atoms with van der Waals surface area (Å²) < 4.78 is 34.4. The second kappa shape index (κ2) is 15.4. The van der Waals surface area contributed by atoms with E-state index >= 15 is 0 Å². The second-order valence-corrected chi connectivity index (χ2v) is 12.5. The summed E-state index contributed by atoms with van der Waals surface area (Å²) in [4.78, 5) is 29.5. The van der Waals surface area contributed by atoms with Gasteiger partial charge in [-0.05, 0) is 66.1 Å². The predicted octanol–water partition coefficient (Wildman–Crippen LogP) is 5.71. The van der Waals surface area contributed by atoms with Crippen LogP contribution in [0, 0.1) is 0 Å². The molecule has 10 heteroatoms. The highest BCUT2D eigenvalue weighted by atomic mass is 35.5. The topological polar surface area (TPSA) is 96.0 Å². The molecule has 0 saturated heterocycles. The first-order valence-corrected chi connectivity index (χ1v) is 16.1. The number of anilines is 1. The van der Waals surface area contributed by atoms with E-state index in [1.807, 2.05) is 67.6 Å². The predicted molar refractivity (Wildman–Crippen MR) is 173 cm³/mol. The van der Waals surface area contributed by atoms with Gasteiger partial charge in [-0.3, -0.25) is 13.9 Å². The Hall–Kier alpha value is -4.34. The molecule has 0 fully saturated rings. The quantitative estimate of drug-likeness (QED) is 0.192. The van der Waals surface area contributed by atoms with Gasteiger partial charge in [0.2, 0.25) is 11.8 Å². The molecule has 0 aliphatic heterocycles. The van der Waals surface area contributed by atoms with Gasteiger partial charge in [0, 0.05) is 24.5 Å². The highest BCUT2D eigenvalue weighted by molar-refractivity contribution is 7.92. The van der Waals surface area contributed by atoms with E-state index in [0.717, 1.165) is 21.9 Å². The van der Waals surface area contributed by atoms with E-state index in [9.17, 15) is 18.0 Å². The summed E-state index contributed by atoms with van der Waals surface area (Å²) in [6, 6.07) is 30.1. The average molecular weight is 634 g/mol. The molecule has 230 valence electrons. The van der Waals surface area contributed by atoms with Crippen molar-refractivity contribution in [3.05, 3.63) is 125 Å². The minimum atomic E-state index is -4.23. The Bertz CT molecular complexity index is 1620. The van der Waals surface area contributed by atoms with Crippen LogP contribution in [-0.2, 0) is 32.6 Å². The van der Waals surface area contributed by atoms with Gasteiger partial charge in [-0.15, -0.1) is 0 Å². The van der Waals surface area contributed by atoms with Gasteiger partial charge >= 0.3 is 0 Å². The molecular formula is C34H36ClN3O5S. The van der Waals surface area contributed by atoms with Gasteiger partial charge in [-0.1, -0.05) is 79.2 Å². The van der Waals surface area contributed by atoms with Crippen molar-refractivity contribution in [3.63, 3.8) is 0 Å². The summed E-state index contributed by atoms with van der Waals surface area (Å²) in [7, 11) is -2.73. The lowest BCUT2D eigenvalue weighted by molar-refractivity contribution is -0.140. The summed E-state index contributed by atoms with van der Waals surface area (Å²) in [6.45, 7) is 1.95. The van der Waals surface area contributed by atoms with Gasteiger partial charge in [0.1, 0.15) is 18.3 Å². The zero-order chi connectivity index (χ0) is 31.5. The number of methoxy groups -OCH3 is 1. The lowest BCUT2D eigenvalue weighted by Crippen LogP contribution is -2.53. The van der Waals surface area contributed by atoms with Gasteiger partial charge in [-0.25, -0.2) is 8.42 Å². The molecule has 0 spiro atoms. The standard InChI is InChI=1S/C34H36ClN3O5S/c1-3-22-36-34(40)32(23-26-10-6-4-7-11-26)37(24-27-12-8-5-9-13-27)33(39)25-38(29-16-14-28(35)15-17-29)44(41,42)31-20-18-30(43-2)19-21-31/h4-21,32H,3,22-25H2,1-2H3,(H,36,40)/t32-/m0/s1. The zero-order valence-electron chi connectivity index (χ0n) is 24.7. The maximum absolute atomic E-state index is 14.4. The number of ether oxygens (including phenoxy) is 1. The SMILES string of the molecule is CCCNC(=O)[C@H](Cc1ccccc1)N(Cc1ccccc1)C(=O)CN(c1ccc(Cl)cc1)S(=O)(=O)c1ccc(OC)cc1. The van der Waals surface area contributed by atoms with Crippen LogP contribution in [0.2, 0.25) is 5.02 Å². The van der Waals surface area contributed by atoms with Gasteiger partial charge in [0.25, 0.3) is 10.0 Å². The minimum Gasteiger partial charge on any atom is -0.497 e. The number of amides is 2. The van der Waals surface area contributed by atoms with Crippen molar-refractivity contribution < 1.29 is 22.7 Å². The molecule has 0 unspecified atom stereocenters. The molecular weight excluding hydrogens is 598 g/mol. The molecule has 1 N–H and O–H groups in total. The van der Waals surface area contributed by atoms with Crippen LogP contribution in [0.5, 0.6) is 5.75 Å². The molecule has 0 heterocycles. The number of benzene rings is 4. The molecule has 4 rings (SSSR count). The third-order valence-corrected chi connectivity index (χ3v) is 9.10. The number of carbonyl (C=O) groups excluding carboxylic acids is 2. The molecule has 2 amide bonds.